The third kappa shape index (κ3) is 6.24. The standard InChI is InChI=1S/C18H13N.C18H12N.C6H5NO2.Ir/c2*1-12-10-17-15-8-3-2-6-13(15)14-7-4-5-9-16(14)18(17)19-11-12;8-6(9)5-3-1-2-4-7-5;/h2-11H,1H3;2-8,10-11H,1H3;1-4H,(H,8,9);/q;-1;;. The van der Waals surface area contributed by atoms with Gasteiger partial charge in [-0.25, -0.2) is 9.78 Å². The molecule has 0 bridgehead atoms. The molecular formula is C42H30IrN3O2-. The summed E-state index contributed by atoms with van der Waals surface area (Å²) in [5, 5.41) is 20.7. The summed E-state index contributed by atoms with van der Waals surface area (Å²) in [7, 11) is 0. The number of carbonyl (C=O) groups is 1. The van der Waals surface area contributed by atoms with Gasteiger partial charge >= 0.3 is 5.97 Å². The first kappa shape index (κ1) is 32.4. The first-order valence-electron chi connectivity index (χ1n) is 15.4. The summed E-state index contributed by atoms with van der Waals surface area (Å²) in [5.41, 5.74) is 4.61. The van der Waals surface area contributed by atoms with Crippen LogP contribution in [-0.2, 0) is 20.1 Å². The Morgan fingerprint density at radius 3 is 1.54 bits per heavy atom. The molecule has 235 valence electrons. The van der Waals surface area contributed by atoms with Crippen molar-refractivity contribution >= 4 is 70.9 Å². The van der Waals surface area contributed by atoms with Gasteiger partial charge in [0.1, 0.15) is 5.69 Å². The van der Waals surface area contributed by atoms with Crippen molar-refractivity contribution in [3.63, 3.8) is 0 Å². The molecule has 0 aliphatic rings. The molecule has 48 heavy (non-hydrogen) atoms. The summed E-state index contributed by atoms with van der Waals surface area (Å²) < 4.78 is 0. The normalized spacial score (nSPS) is 10.7. The largest absolute Gasteiger partial charge is 0.477 e. The number of nitrogens with zero attached hydrogens (tertiary/aromatic N) is 3. The number of hydrogen-bond acceptors (Lipinski definition) is 4. The number of benzene rings is 6. The van der Waals surface area contributed by atoms with E-state index in [1.165, 1.54) is 71.9 Å². The monoisotopic (exact) mass is 801 g/mol. The zero-order valence-corrected chi connectivity index (χ0v) is 28.7. The Morgan fingerprint density at radius 2 is 1.00 bits per heavy atom. The van der Waals surface area contributed by atoms with Crippen LogP contribution >= 0.6 is 0 Å². The minimum absolute atomic E-state index is 0. The van der Waals surface area contributed by atoms with Crippen LogP contribution in [0.3, 0.4) is 0 Å². The average molecular weight is 801 g/mol. The Balaban J connectivity index is 0.000000132. The molecule has 0 fully saturated rings. The summed E-state index contributed by atoms with van der Waals surface area (Å²) in [6.45, 7) is 4.18. The third-order valence-electron chi connectivity index (χ3n) is 8.22. The van der Waals surface area contributed by atoms with Gasteiger partial charge in [-0.3, -0.25) is 4.98 Å². The van der Waals surface area contributed by atoms with E-state index in [0.717, 1.165) is 16.4 Å². The quantitative estimate of drug-likeness (QED) is 0.132. The Hall–Kier alpha value is -5.55. The van der Waals surface area contributed by atoms with E-state index in [0.29, 0.717) is 0 Å². The van der Waals surface area contributed by atoms with Crippen LogP contribution < -0.4 is 0 Å². The smallest absolute Gasteiger partial charge is 0.354 e. The van der Waals surface area contributed by atoms with Crippen LogP contribution in [0.15, 0.2) is 140 Å². The molecule has 0 amide bonds. The van der Waals surface area contributed by atoms with Crippen molar-refractivity contribution in [2.45, 2.75) is 13.8 Å². The van der Waals surface area contributed by atoms with Gasteiger partial charge in [0.15, 0.2) is 0 Å². The van der Waals surface area contributed by atoms with Gasteiger partial charge in [0.05, 0.1) is 5.52 Å². The number of carboxylic acids is 1. The maximum atomic E-state index is 10.1. The van der Waals surface area contributed by atoms with E-state index in [2.05, 4.69) is 126 Å². The van der Waals surface area contributed by atoms with Crippen molar-refractivity contribution in [1.29, 1.82) is 0 Å². The molecule has 1 N–H and O–H groups in total. The maximum absolute atomic E-state index is 10.1. The summed E-state index contributed by atoms with van der Waals surface area (Å²) in [4.78, 5) is 23.0. The number of pyridine rings is 3. The number of aromatic nitrogens is 3. The van der Waals surface area contributed by atoms with Gasteiger partial charge in [0.25, 0.3) is 0 Å². The first-order chi connectivity index (χ1) is 23.0. The van der Waals surface area contributed by atoms with Crippen molar-refractivity contribution < 1.29 is 30.0 Å². The van der Waals surface area contributed by atoms with Gasteiger partial charge in [-0.1, -0.05) is 95.7 Å². The molecular weight excluding hydrogens is 771 g/mol. The van der Waals surface area contributed by atoms with E-state index in [4.69, 9.17) is 5.11 Å². The summed E-state index contributed by atoms with van der Waals surface area (Å²) in [6, 6.07) is 44.3. The Labute approximate surface area is 291 Å². The van der Waals surface area contributed by atoms with Gasteiger partial charge in [-0.05, 0) is 75.6 Å². The van der Waals surface area contributed by atoms with Crippen LogP contribution in [0.5, 0.6) is 0 Å². The average Bonchev–Trinajstić information content (AvgIpc) is 3.13. The molecule has 9 aromatic rings. The van der Waals surface area contributed by atoms with Crippen LogP contribution in [0.25, 0.3) is 64.9 Å². The topological polar surface area (TPSA) is 76.0 Å². The fraction of sp³-hybridized carbons (Fsp3) is 0.0476. The van der Waals surface area contributed by atoms with Gasteiger partial charge < -0.3 is 10.1 Å². The first-order valence-corrected chi connectivity index (χ1v) is 15.4. The predicted molar refractivity (Wildman–Crippen MR) is 193 cm³/mol. The molecule has 0 aliphatic heterocycles. The number of hydrogen-bond donors (Lipinski definition) is 1. The SMILES string of the molecule is Cc1cnc2c3[c-]cccc3c3ccccc3c2c1.Cc1cnc2c3ccccc3c3ccccc3c2c1.O=C(O)c1ccccn1.[Ir]. The molecule has 6 aromatic carbocycles. The minimum Gasteiger partial charge on any atom is -0.477 e. The van der Waals surface area contributed by atoms with Gasteiger partial charge in [0.2, 0.25) is 0 Å². The van der Waals surface area contributed by atoms with Gasteiger partial charge in [-0.2, -0.15) is 0 Å². The molecule has 0 spiro atoms. The zero-order valence-electron chi connectivity index (χ0n) is 26.3. The number of fused-ring (bicyclic) bond motifs is 12. The molecule has 0 saturated heterocycles. The Bertz CT molecular complexity index is 2360. The molecule has 3 aromatic heterocycles. The minimum atomic E-state index is -0.990. The van der Waals surface area contributed by atoms with E-state index < -0.39 is 5.97 Å². The summed E-state index contributed by atoms with van der Waals surface area (Å²) >= 11 is 0. The fourth-order valence-corrected chi connectivity index (χ4v) is 6.14. The molecule has 1 radical (unpaired) electrons. The second-order valence-corrected chi connectivity index (χ2v) is 11.4. The van der Waals surface area contributed by atoms with Crippen LogP contribution in [0.1, 0.15) is 21.6 Å². The number of aromatic carboxylic acids is 1. The molecule has 9 rings (SSSR count). The number of aryl methyl sites for hydroxylation is 2. The van der Waals surface area contributed by atoms with Gasteiger partial charge in [0, 0.05) is 49.5 Å². The Kier molecular flexibility index (Phi) is 9.49. The van der Waals surface area contributed by atoms with Crippen LogP contribution in [-0.4, -0.2) is 26.0 Å². The van der Waals surface area contributed by atoms with Crippen molar-refractivity contribution in [1.82, 2.24) is 15.0 Å². The van der Waals surface area contributed by atoms with Crippen LogP contribution in [0.4, 0.5) is 0 Å². The van der Waals surface area contributed by atoms with Crippen LogP contribution in [0.2, 0.25) is 0 Å². The second kappa shape index (κ2) is 14.1. The van der Waals surface area contributed by atoms with Crippen molar-refractivity contribution in [3.05, 3.63) is 163 Å². The molecule has 0 atom stereocenters. The van der Waals surface area contributed by atoms with Crippen molar-refractivity contribution in [3.8, 4) is 0 Å². The van der Waals surface area contributed by atoms with Crippen molar-refractivity contribution in [2.75, 3.05) is 0 Å². The summed E-state index contributed by atoms with van der Waals surface area (Å²) in [6.07, 6.45) is 5.32. The van der Waals surface area contributed by atoms with E-state index in [1.807, 2.05) is 24.5 Å². The molecule has 0 unspecified atom stereocenters. The number of rotatable bonds is 1. The molecule has 3 heterocycles. The van der Waals surface area contributed by atoms with Crippen LogP contribution in [0, 0.1) is 19.9 Å². The molecule has 0 saturated carbocycles. The fourth-order valence-electron chi connectivity index (χ4n) is 6.14. The number of carboxylic acid groups (broad SMARTS) is 1. The molecule has 6 heteroatoms. The van der Waals surface area contributed by atoms with E-state index in [-0.39, 0.29) is 25.8 Å². The van der Waals surface area contributed by atoms with E-state index >= 15 is 0 Å². The Morgan fingerprint density at radius 1 is 0.542 bits per heavy atom. The van der Waals surface area contributed by atoms with E-state index in [9.17, 15) is 4.79 Å². The maximum Gasteiger partial charge on any atom is 0.354 e. The third-order valence-corrected chi connectivity index (χ3v) is 8.22. The van der Waals surface area contributed by atoms with E-state index in [1.54, 1.807) is 12.1 Å². The summed E-state index contributed by atoms with van der Waals surface area (Å²) in [5.74, 6) is -0.990. The molecule has 5 nitrogen and oxygen atoms in total. The molecule has 0 aliphatic carbocycles. The van der Waals surface area contributed by atoms with Gasteiger partial charge in [-0.15, -0.1) is 29.7 Å². The second-order valence-electron chi connectivity index (χ2n) is 11.4. The predicted octanol–water partition coefficient (Wildman–Crippen LogP) is 10.3. The zero-order chi connectivity index (χ0) is 32.3. The van der Waals surface area contributed by atoms with Crippen molar-refractivity contribution in [2.24, 2.45) is 0 Å².